The van der Waals surface area contributed by atoms with Gasteiger partial charge in [0.05, 0.1) is 11.0 Å². The minimum absolute atomic E-state index is 0. The average Bonchev–Trinajstić information content (AvgIpc) is 3.39. The van der Waals surface area contributed by atoms with Gasteiger partial charge in [0.25, 0.3) is 0 Å². The molecular weight excluding hydrogens is 493 g/mol. The van der Waals surface area contributed by atoms with Gasteiger partial charge < -0.3 is 10.6 Å². The van der Waals surface area contributed by atoms with Crippen molar-refractivity contribution in [2.45, 2.75) is 45.1 Å². The van der Waals surface area contributed by atoms with Gasteiger partial charge in [0.15, 0.2) is 5.96 Å². The monoisotopic (exact) mass is 527 g/mol. The molecule has 0 aliphatic carbocycles. The van der Waals surface area contributed by atoms with Gasteiger partial charge in [-0.3, -0.25) is 9.89 Å². The first-order chi connectivity index (χ1) is 13.8. The predicted molar refractivity (Wildman–Crippen MR) is 135 cm³/mol. The van der Waals surface area contributed by atoms with Gasteiger partial charge in [-0.1, -0.05) is 30.3 Å². The standard InChI is InChI=1S/C22H33N5S.HI/c1-18-17-28-21(26-18)12-6-7-13-24-22(23-2)25-16-20(27-14-8-9-15-27)19-10-4-3-5-11-19;/h3-5,10-11,17,20H,6-9,12-16H2,1-2H3,(H2,23,24,25);1H. The summed E-state index contributed by atoms with van der Waals surface area (Å²) in [4.78, 5) is 11.5. The number of guanidine groups is 1. The number of benzene rings is 1. The number of hydrogen-bond donors (Lipinski definition) is 2. The van der Waals surface area contributed by atoms with Crippen LogP contribution in [0.15, 0.2) is 40.7 Å². The lowest BCUT2D eigenvalue weighted by molar-refractivity contribution is 0.245. The van der Waals surface area contributed by atoms with Gasteiger partial charge in [0.1, 0.15) is 0 Å². The second kappa shape index (κ2) is 13.2. The number of likely N-dealkylation sites (tertiary alicyclic amines) is 1. The van der Waals surface area contributed by atoms with Gasteiger partial charge in [-0.05, 0) is 57.7 Å². The SMILES string of the molecule is CN=C(NCCCCc1nc(C)cs1)NCC(c1ccccc1)N1CCCC1.I. The summed E-state index contributed by atoms with van der Waals surface area (Å²) in [6.07, 6.45) is 5.94. The maximum absolute atomic E-state index is 4.53. The third-order valence-electron chi connectivity index (χ3n) is 5.23. The Morgan fingerprint density at radius 1 is 1.17 bits per heavy atom. The molecule has 5 nitrogen and oxygen atoms in total. The normalized spacial score (nSPS) is 15.7. The van der Waals surface area contributed by atoms with E-state index < -0.39 is 0 Å². The van der Waals surface area contributed by atoms with Gasteiger partial charge >= 0.3 is 0 Å². The zero-order chi connectivity index (χ0) is 19.6. The van der Waals surface area contributed by atoms with Crippen molar-refractivity contribution >= 4 is 41.3 Å². The topological polar surface area (TPSA) is 52.6 Å². The number of nitrogens with zero attached hydrogens (tertiary/aromatic N) is 3. The molecule has 1 saturated heterocycles. The number of thiazole rings is 1. The van der Waals surface area contributed by atoms with Crippen LogP contribution in [0.4, 0.5) is 0 Å². The molecule has 0 spiro atoms. The van der Waals surface area contributed by atoms with Crippen LogP contribution >= 0.6 is 35.3 Å². The van der Waals surface area contributed by atoms with Gasteiger partial charge in [0, 0.05) is 31.2 Å². The van der Waals surface area contributed by atoms with E-state index in [0.29, 0.717) is 6.04 Å². The van der Waals surface area contributed by atoms with Crippen LogP contribution in [0.25, 0.3) is 0 Å². The highest BCUT2D eigenvalue weighted by atomic mass is 127. The molecule has 2 aromatic rings. The lowest BCUT2D eigenvalue weighted by atomic mass is 10.1. The Bertz CT molecular complexity index is 728. The maximum atomic E-state index is 4.53. The largest absolute Gasteiger partial charge is 0.356 e. The molecule has 7 heteroatoms. The van der Waals surface area contributed by atoms with Crippen LogP contribution in [0.5, 0.6) is 0 Å². The van der Waals surface area contributed by atoms with Crippen molar-refractivity contribution in [3.05, 3.63) is 52.0 Å². The van der Waals surface area contributed by atoms with E-state index in [1.165, 1.54) is 36.5 Å². The molecule has 160 valence electrons. The molecule has 1 unspecified atom stereocenters. The van der Waals surface area contributed by atoms with Crippen molar-refractivity contribution in [1.82, 2.24) is 20.5 Å². The van der Waals surface area contributed by atoms with E-state index in [9.17, 15) is 0 Å². The molecule has 0 amide bonds. The number of aryl methyl sites for hydroxylation is 2. The van der Waals surface area contributed by atoms with Crippen LogP contribution in [0.2, 0.25) is 0 Å². The van der Waals surface area contributed by atoms with Crippen molar-refractivity contribution in [3.8, 4) is 0 Å². The van der Waals surface area contributed by atoms with E-state index in [0.717, 1.165) is 44.0 Å². The Hall–Kier alpha value is -1.19. The van der Waals surface area contributed by atoms with Crippen LogP contribution in [-0.2, 0) is 6.42 Å². The first-order valence-electron chi connectivity index (χ1n) is 10.4. The molecule has 1 fully saturated rings. The summed E-state index contributed by atoms with van der Waals surface area (Å²) in [5.41, 5.74) is 2.51. The van der Waals surface area contributed by atoms with Crippen molar-refractivity contribution in [1.29, 1.82) is 0 Å². The number of nitrogens with one attached hydrogen (secondary N) is 2. The van der Waals surface area contributed by atoms with Crippen LogP contribution in [0, 0.1) is 6.92 Å². The molecule has 3 rings (SSSR count). The Balaban J connectivity index is 0.00000300. The summed E-state index contributed by atoms with van der Waals surface area (Å²) >= 11 is 1.77. The van der Waals surface area contributed by atoms with Crippen LogP contribution in [0.3, 0.4) is 0 Å². The summed E-state index contributed by atoms with van der Waals surface area (Å²) in [6.45, 7) is 6.24. The lowest BCUT2D eigenvalue weighted by Crippen LogP contribution is -2.43. The second-order valence-electron chi connectivity index (χ2n) is 7.39. The van der Waals surface area contributed by atoms with E-state index in [-0.39, 0.29) is 24.0 Å². The third kappa shape index (κ3) is 7.86. The minimum Gasteiger partial charge on any atom is -0.356 e. The predicted octanol–water partition coefficient (Wildman–Crippen LogP) is 4.39. The molecule has 0 saturated carbocycles. The zero-order valence-corrected chi connectivity index (χ0v) is 20.7. The third-order valence-corrected chi connectivity index (χ3v) is 6.26. The maximum Gasteiger partial charge on any atom is 0.191 e. The van der Waals surface area contributed by atoms with Crippen molar-refractivity contribution in [3.63, 3.8) is 0 Å². The molecule has 1 aromatic heterocycles. The first kappa shape index (κ1) is 24.1. The smallest absolute Gasteiger partial charge is 0.191 e. The molecule has 2 N–H and O–H groups in total. The van der Waals surface area contributed by atoms with Gasteiger partial charge in [-0.15, -0.1) is 35.3 Å². The molecule has 0 radical (unpaired) electrons. The fourth-order valence-electron chi connectivity index (χ4n) is 3.73. The lowest BCUT2D eigenvalue weighted by Gasteiger charge is -2.29. The summed E-state index contributed by atoms with van der Waals surface area (Å²) in [7, 11) is 1.85. The summed E-state index contributed by atoms with van der Waals surface area (Å²) in [5, 5.41) is 10.4. The molecule has 1 aliphatic heterocycles. The van der Waals surface area contributed by atoms with E-state index in [2.05, 4.69) is 68.1 Å². The number of aromatic nitrogens is 1. The van der Waals surface area contributed by atoms with Crippen LogP contribution in [-0.4, -0.2) is 49.1 Å². The van der Waals surface area contributed by atoms with Crippen molar-refractivity contribution in [2.75, 3.05) is 33.2 Å². The highest BCUT2D eigenvalue weighted by molar-refractivity contribution is 14.0. The molecule has 1 aromatic carbocycles. The summed E-state index contributed by atoms with van der Waals surface area (Å²) < 4.78 is 0. The minimum atomic E-state index is 0. The Labute approximate surface area is 196 Å². The molecule has 29 heavy (non-hydrogen) atoms. The molecular formula is C22H34IN5S. The number of halogens is 1. The Morgan fingerprint density at radius 2 is 1.93 bits per heavy atom. The van der Waals surface area contributed by atoms with E-state index in [1.54, 1.807) is 11.3 Å². The molecule has 0 bridgehead atoms. The highest BCUT2D eigenvalue weighted by Gasteiger charge is 2.23. The molecule has 1 aliphatic rings. The highest BCUT2D eigenvalue weighted by Crippen LogP contribution is 2.24. The number of aliphatic imine (C=N–C) groups is 1. The van der Waals surface area contributed by atoms with Crippen LogP contribution < -0.4 is 10.6 Å². The van der Waals surface area contributed by atoms with Crippen LogP contribution in [0.1, 0.15) is 48.0 Å². The van der Waals surface area contributed by atoms with Gasteiger partial charge in [0.2, 0.25) is 0 Å². The Kier molecular flexibility index (Phi) is 10.9. The van der Waals surface area contributed by atoms with E-state index in [1.807, 2.05) is 7.05 Å². The van der Waals surface area contributed by atoms with Crippen molar-refractivity contribution in [2.24, 2.45) is 4.99 Å². The Morgan fingerprint density at radius 3 is 2.59 bits per heavy atom. The molecule has 1 atom stereocenters. The number of rotatable bonds is 9. The average molecular weight is 528 g/mol. The summed E-state index contributed by atoms with van der Waals surface area (Å²) in [5.74, 6) is 0.894. The fraction of sp³-hybridized carbons (Fsp3) is 0.545. The molecule has 2 heterocycles. The quantitative estimate of drug-likeness (QED) is 0.220. The second-order valence-corrected chi connectivity index (χ2v) is 8.33. The van der Waals surface area contributed by atoms with E-state index in [4.69, 9.17) is 0 Å². The fourth-order valence-corrected chi connectivity index (χ4v) is 4.54. The van der Waals surface area contributed by atoms with Gasteiger partial charge in [-0.25, -0.2) is 4.98 Å². The zero-order valence-electron chi connectivity index (χ0n) is 17.6. The van der Waals surface area contributed by atoms with Gasteiger partial charge in [-0.2, -0.15) is 0 Å². The van der Waals surface area contributed by atoms with Crippen molar-refractivity contribution < 1.29 is 0 Å². The number of hydrogen-bond acceptors (Lipinski definition) is 4. The van der Waals surface area contributed by atoms with E-state index >= 15 is 0 Å². The first-order valence-corrected chi connectivity index (χ1v) is 11.3. The summed E-state index contributed by atoms with van der Waals surface area (Å²) in [6, 6.07) is 11.2. The number of unbranched alkanes of at least 4 members (excludes halogenated alkanes) is 1.